The number of halogens is 1. The van der Waals surface area contributed by atoms with Gasteiger partial charge in [0.05, 0.1) is 0 Å². The Morgan fingerprint density at radius 1 is 1.25 bits per heavy atom. The van der Waals surface area contributed by atoms with Crippen LogP contribution in [-0.4, -0.2) is 74.7 Å². The summed E-state index contributed by atoms with van der Waals surface area (Å²) in [7, 11) is -0.292. The van der Waals surface area contributed by atoms with Crippen molar-refractivity contribution in [3.8, 4) is 0 Å². The molecule has 0 radical (unpaired) electrons. The maximum atomic E-state index is 12.0. The molecule has 1 aliphatic heterocycles. The maximum absolute atomic E-state index is 12.0. The van der Waals surface area contributed by atoms with Gasteiger partial charge in [0.25, 0.3) is 10.2 Å². The highest BCUT2D eigenvalue weighted by Gasteiger charge is 2.28. The number of anilines is 1. The summed E-state index contributed by atoms with van der Waals surface area (Å²) in [5, 5.41) is 3.38. The SMILES string of the molecule is CN(C)S(=O)(=O)N1CCN(CCC(=O)Nc2cccc(Cl)c2)CC1. The molecule has 24 heavy (non-hydrogen) atoms. The van der Waals surface area contributed by atoms with Gasteiger partial charge in [0.2, 0.25) is 5.91 Å². The molecule has 1 saturated heterocycles. The minimum absolute atomic E-state index is 0.0828. The number of piperazine rings is 1. The summed E-state index contributed by atoms with van der Waals surface area (Å²) in [4.78, 5) is 14.1. The fourth-order valence-electron chi connectivity index (χ4n) is 2.46. The monoisotopic (exact) mass is 374 g/mol. The Morgan fingerprint density at radius 2 is 1.92 bits per heavy atom. The van der Waals surface area contributed by atoms with Crippen molar-refractivity contribution in [3.63, 3.8) is 0 Å². The van der Waals surface area contributed by atoms with Gasteiger partial charge < -0.3 is 10.2 Å². The van der Waals surface area contributed by atoms with E-state index in [2.05, 4.69) is 10.2 Å². The minimum Gasteiger partial charge on any atom is -0.326 e. The van der Waals surface area contributed by atoms with Gasteiger partial charge in [-0.25, -0.2) is 0 Å². The van der Waals surface area contributed by atoms with E-state index in [0.29, 0.717) is 49.9 Å². The molecular weight excluding hydrogens is 352 g/mol. The molecule has 0 spiro atoms. The van der Waals surface area contributed by atoms with Crippen LogP contribution in [0.1, 0.15) is 6.42 Å². The number of hydrogen-bond acceptors (Lipinski definition) is 4. The molecule has 0 aromatic heterocycles. The second kappa shape index (κ2) is 8.26. The largest absolute Gasteiger partial charge is 0.326 e. The molecule has 1 fully saturated rings. The molecule has 0 aliphatic carbocycles. The van der Waals surface area contributed by atoms with Gasteiger partial charge in [-0.3, -0.25) is 4.79 Å². The normalized spacial score (nSPS) is 17.2. The van der Waals surface area contributed by atoms with E-state index in [-0.39, 0.29) is 5.91 Å². The molecule has 2 rings (SSSR count). The molecule has 1 heterocycles. The van der Waals surface area contributed by atoms with Crippen molar-refractivity contribution in [1.29, 1.82) is 0 Å². The van der Waals surface area contributed by atoms with Gasteiger partial charge in [-0.1, -0.05) is 17.7 Å². The Bertz CT molecular complexity index is 673. The van der Waals surface area contributed by atoms with Crippen LogP contribution in [0, 0.1) is 0 Å². The molecular formula is C15H23ClN4O3S. The molecule has 134 valence electrons. The standard InChI is InChI=1S/C15H23ClN4O3S/c1-18(2)24(22,23)20-10-8-19(9-11-20)7-6-15(21)17-14-5-3-4-13(16)12-14/h3-5,12H,6-11H2,1-2H3,(H,17,21). The van der Waals surface area contributed by atoms with Crippen LogP contribution in [-0.2, 0) is 15.0 Å². The van der Waals surface area contributed by atoms with E-state index in [0.717, 1.165) is 0 Å². The molecule has 1 aromatic rings. The lowest BCUT2D eigenvalue weighted by atomic mass is 10.3. The van der Waals surface area contributed by atoms with E-state index in [4.69, 9.17) is 11.6 Å². The van der Waals surface area contributed by atoms with Crippen molar-refractivity contribution in [2.45, 2.75) is 6.42 Å². The average molecular weight is 375 g/mol. The van der Waals surface area contributed by atoms with E-state index in [1.54, 1.807) is 24.3 Å². The van der Waals surface area contributed by atoms with E-state index in [1.807, 2.05) is 0 Å². The van der Waals surface area contributed by atoms with Crippen LogP contribution in [0.25, 0.3) is 0 Å². The number of carbonyl (C=O) groups excluding carboxylic acids is 1. The Balaban J connectivity index is 1.75. The predicted molar refractivity (Wildman–Crippen MR) is 95.3 cm³/mol. The highest BCUT2D eigenvalue weighted by molar-refractivity contribution is 7.86. The number of hydrogen-bond donors (Lipinski definition) is 1. The van der Waals surface area contributed by atoms with Gasteiger partial charge in [0.15, 0.2) is 0 Å². The summed E-state index contributed by atoms with van der Waals surface area (Å²) in [6.45, 7) is 2.73. The molecule has 0 bridgehead atoms. The van der Waals surface area contributed by atoms with Crippen molar-refractivity contribution in [2.75, 3.05) is 52.1 Å². The zero-order valence-electron chi connectivity index (χ0n) is 13.9. The van der Waals surface area contributed by atoms with Crippen LogP contribution in [0.4, 0.5) is 5.69 Å². The second-order valence-electron chi connectivity index (χ2n) is 5.84. The van der Waals surface area contributed by atoms with Gasteiger partial charge in [0.1, 0.15) is 0 Å². The van der Waals surface area contributed by atoms with E-state index in [9.17, 15) is 13.2 Å². The number of carbonyl (C=O) groups is 1. The topological polar surface area (TPSA) is 73.0 Å². The van der Waals surface area contributed by atoms with Crippen LogP contribution < -0.4 is 5.32 Å². The van der Waals surface area contributed by atoms with Crippen molar-refractivity contribution in [1.82, 2.24) is 13.5 Å². The van der Waals surface area contributed by atoms with E-state index < -0.39 is 10.2 Å². The fraction of sp³-hybridized carbons (Fsp3) is 0.533. The van der Waals surface area contributed by atoms with Crippen LogP contribution in [0.2, 0.25) is 5.02 Å². The van der Waals surface area contributed by atoms with Crippen LogP contribution in [0.15, 0.2) is 24.3 Å². The molecule has 0 atom stereocenters. The summed E-state index contributed by atoms with van der Waals surface area (Å²) in [6.07, 6.45) is 0.354. The smallest absolute Gasteiger partial charge is 0.281 e. The van der Waals surface area contributed by atoms with E-state index >= 15 is 0 Å². The van der Waals surface area contributed by atoms with Crippen LogP contribution in [0.5, 0.6) is 0 Å². The Hall–Kier alpha value is -1.19. The zero-order chi connectivity index (χ0) is 17.7. The molecule has 7 nitrogen and oxygen atoms in total. The number of rotatable bonds is 6. The number of nitrogens with zero attached hydrogens (tertiary/aromatic N) is 3. The molecule has 1 amide bonds. The second-order valence-corrected chi connectivity index (χ2v) is 8.42. The van der Waals surface area contributed by atoms with E-state index in [1.165, 1.54) is 22.7 Å². The third-order valence-corrected chi connectivity index (χ3v) is 6.06. The quantitative estimate of drug-likeness (QED) is 0.809. The first-order chi connectivity index (χ1) is 11.3. The first kappa shape index (κ1) is 19.1. The maximum Gasteiger partial charge on any atom is 0.281 e. The summed E-state index contributed by atoms with van der Waals surface area (Å²) >= 11 is 5.88. The number of amides is 1. The van der Waals surface area contributed by atoms with Crippen molar-refractivity contribution < 1.29 is 13.2 Å². The Labute approximate surface area is 148 Å². The molecule has 1 aromatic carbocycles. The van der Waals surface area contributed by atoms with Crippen molar-refractivity contribution in [3.05, 3.63) is 29.3 Å². The predicted octanol–water partition coefficient (Wildman–Crippen LogP) is 1.09. The fourth-order valence-corrected chi connectivity index (χ4v) is 3.74. The van der Waals surface area contributed by atoms with Gasteiger partial charge in [0, 0.05) is 63.9 Å². The number of nitrogens with one attached hydrogen (secondary N) is 1. The summed E-state index contributed by atoms with van der Waals surface area (Å²) in [5.74, 6) is -0.0828. The molecule has 0 saturated carbocycles. The summed E-state index contributed by atoms with van der Waals surface area (Å²) < 4.78 is 26.8. The highest BCUT2D eigenvalue weighted by Crippen LogP contribution is 2.15. The summed E-state index contributed by atoms with van der Waals surface area (Å²) in [5.41, 5.74) is 0.675. The molecule has 1 aliphatic rings. The van der Waals surface area contributed by atoms with Gasteiger partial charge in [-0.05, 0) is 18.2 Å². The third kappa shape index (κ3) is 5.15. The molecule has 1 N–H and O–H groups in total. The van der Waals surface area contributed by atoms with Gasteiger partial charge in [-0.15, -0.1) is 0 Å². The number of benzene rings is 1. The van der Waals surface area contributed by atoms with Gasteiger partial charge >= 0.3 is 0 Å². The molecule has 0 unspecified atom stereocenters. The lowest BCUT2D eigenvalue weighted by Gasteiger charge is -2.34. The van der Waals surface area contributed by atoms with Crippen LogP contribution >= 0.6 is 11.6 Å². The average Bonchev–Trinajstić information content (AvgIpc) is 2.53. The van der Waals surface area contributed by atoms with Crippen molar-refractivity contribution in [2.24, 2.45) is 0 Å². The first-order valence-electron chi connectivity index (χ1n) is 7.74. The lowest BCUT2D eigenvalue weighted by Crippen LogP contribution is -2.51. The zero-order valence-corrected chi connectivity index (χ0v) is 15.5. The molecule has 9 heteroatoms. The Kier molecular flexibility index (Phi) is 6.59. The lowest BCUT2D eigenvalue weighted by molar-refractivity contribution is -0.116. The van der Waals surface area contributed by atoms with Crippen LogP contribution in [0.3, 0.4) is 0 Å². The van der Waals surface area contributed by atoms with Gasteiger partial charge in [-0.2, -0.15) is 17.0 Å². The summed E-state index contributed by atoms with van der Waals surface area (Å²) in [6, 6.07) is 7.01. The minimum atomic E-state index is -3.35. The third-order valence-electron chi connectivity index (χ3n) is 3.88. The Morgan fingerprint density at radius 3 is 2.50 bits per heavy atom. The first-order valence-corrected chi connectivity index (χ1v) is 9.52. The highest BCUT2D eigenvalue weighted by atomic mass is 35.5. The van der Waals surface area contributed by atoms with Crippen molar-refractivity contribution >= 4 is 33.4 Å².